The Bertz CT molecular complexity index is 1190. The second-order valence-electron chi connectivity index (χ2n) is 8.17. The molecule has 11 heteroatoms. The number of nitrogens with one attached hydrogen (secondary N) is 3. The van der Waals surface area contributed by atoms with Gasteiger partial charge in [-0.3, -0.25) is 14.7 Å². The lowest BCUT2D eigenvalue weighted by Gasteiger charge is -2.35. The highest BCUT2D eigenvalue weighted by atomic mass is 32.2. The van der Waals surface area contributed by atoms with Crippen molar-refractivity contribution >= 4 is 46.7 Å². The first kappa shape index (κ1) is 23.6. The van der Waals surface area contributed by atoms with E-state index >= 15 is 0 Å². The molecular formula is C23H28N8O2S. The maximum atomic E-state index is 11.7. The van der Waals surface area contributed by atoms with Crippen LogP contribution in [0.3, 0.4) is 0 Å². The molecular weight excluding hydrogens is 452 g/mol. The smallest absolute Gasteiger partial charge is 0.221 e. The van der Waals surface area contributed by atoms with Crippen molar-refractivity contribution in [2.24, 2.45) is 0 Å². The Morgan fingerprint density at radius 3 is 2.32 bits per heavy atom. The third-order valence-electron chi connectivity index (χ3n) is 5.46. The van der Waals surface area contributed by atoms with Crippen LogP contribution in [0.4, 0.5) is 23.1 Å². The van der Waals surface area contributed by atoms with Crippen LogP contribution < -0.4 is 15.5 Å². The van der Waals surface area contributed by atoms with Crippen LogP contribution in [0.2, 0.25) is 0 Å². The number of nitrogens with zero attached hydrogens (tertiary/aromatic N) is 5. The summed E-state index contributed by atoms with van der Waals surface area (Å²) >= 11 is 1.44. The van der Waals surface area contributed by atoms with Crippen molar-refractivity contribution in [3.8, 4) is 0 Å². The third kappa shape index (κ3) is 5.66. The first-order valence-corrected chi connectivity index (χ1v) is 11.8. The van der Waals surface area contributed by atoms with Gasteiger partial charge in [0.25, 0.3) is 0 Å². The van der Waals surface area contributed by atoms with E-state index in [2.05, 4.69) is 25.7 Å². The molecule has 3 N–H and O–H groups in total. The lowest BCUT2D eigenvalue weighted by atomic mass is 10.2. The molecule has 2 amide bonds. The van der Waals surface area contributed by atoms with Gasteiger partial charge in [0.05, 0.1) is 0 Å². The summed E-state index contributed by atoms with van der Waals surface area (Å²) in [6, 6.07) is 9.47. The van der Waals surface area contributed by atoms with Crippen LogP contribution in [0.5, 0.6) is 0 Å². The summed E-state index contributed by atoms with van der Waals surface area (Å²) < 4.78 is 0. The molecule has 0 spiro atoms. The summed E-state index contributed by atoms with van der Waals surface area (Å²) in [6.07, 6.45) is 0. The molecule has 0 radical (unpaired) electrons. The van der Waals surface area contributed by atoms with Crippen LogP contribution in [0, 0.1) is 13.8 Å². The summed E-state index contributed by atoms with van der Waals surface area (Å²) in [5.74, 6) is 2.19. The molecule has 2 aromatic heterocycles. The highest BCUT2D eigenvalue weighted by molar-refractivity contribution is 7.99. The normalized spacial score (nSPS) is 13.6. The Kier molecular flexibility index (Phi) is 7.01. The monoisotopic (exact) mass is 480 g/mol. The number of H-pyrrole nitrogens is 1. The summed E-state index contributed by atoms with van der Waals surface area (Å²) in [6.45, 7) is 9.74. The number of benzene rings is 1. The van der Waals surface area contributed by atoms with E-state index in [0.717, 1.165) is 27.7 Å². The van der Waals surface area contributed by atoms with Gasteiger partial charge in [-0.1, -0.05) is 0 Å². The molecule has 3 heterocycles. The molecule has 178 valence electrons. The number of rotatable bonds is 6. The van der Waals surface area contributed by atoms with E-state index in [9.17, 15) is 9.59 Å². The predicted molar refractivity (Wildman–Crippen MR) is 133 cm³/mol. The van der Waals surface area contributed by atoms with Crippen LogP contribution in [-0.2, 0) is 9.59 Å². The van der Waals surface area contributed by atoms with Gasteiger partial charge in [-0.2, -0.15) is 5.10 Å². The first-order valence-electron chi connectivity index (χ1n) is 11.0. The fraction of sp³-hybridized carbons (Fsp3) is 0.348. The molecule has 0 unspecified atom stereocenters. The zero-order valence-electron chi connectivity index (χ0n) is 19.7. The summed E-state index contributed by atoms with van der Waals surface area (Å²) in [4.78, 5) is 37.7. The fourth-order valence-corrected chi connectivity index (χ4v) is 4.46. The van der Waals surface area contributed by atoms with Gasteiger partial charge < -0.3 is 20.4 Å². The number of aryl methyl sites for hydroxylation is 1. The van der Waals surface area contributed by atoms with Crippen molar-refractivity contribution in [3.63, 3.8) is 0 Å². The van der Waals surface area contributed by atoms with Crippen LogP contribution in [0.15, 0.2) is 40.4 Å². The van der Waals surface area contributed by atoms with E-state index in [1.54, 1.807) is 6.92 Å². The molecule has 10 nitrogen and oxygen atoms in total. The molecule has 0 saturated carbocycles. The number of anilines is 4. The second-order valence-corrected chi connectivity index (χ2v) is 9.21. The van der Waals surface area contributed by atoms with E-state index in [0.29, 0.717) is 43.0 Å². The van der Waals surface area contributed by atoms with E-state index in [1.807, 2.05) is 49.1 Å². The minimum Gasteiger partial charge on any atom is -0.353 e. The first-order chi connectivity index (χ1) is 16.3. The van der Waals surface area contributed by atoms with Crippen molar-refractivity contribution in [2.75, 3.05) is 41.7 Å². The SMILES string of the molecule is CC(=O)Nc1ccc(Sc2nc(Nc3cc(C)[nH]n3)c(C)c(N3CCN(C(C)=O)CC3)n2)cc1. The number of aromatic amines is 1. The Balaban J connectivity index is 1.62. The van der Waals surface area contributed by atoms with Gasteiger partial charge in [0.15, 0.2) is 11.0 Å². The highest BCUT2D eigenvalue weighted by Gasteiger charge is 2.23. The van der Waals surface area contributed by atoms with Gasteiger partial charge in [-0.15, -0.1) is 0 Å². The van der Waals surface area contributed by atoms with Crippen molar-refractivity contribution in [2.45, 2.75) is 37.7 Å². The van der Waals surface area contributed by atoms with Crippen molar-refractivity contribution in [1.29, 1.82) is 0 Å². The quantitative estimate of drug-likeness (QED) is 0.460. The highest BCUT2D eigenvalue weighted by Crippen LogP contribution is 2.33. The number of hydrogen-bond acceptors (Lipinski definition) is 8. The van der Waals surface area contributed by atoms with Gasteiger partial charge >= 0.3 is 0 Å². The van der Waals surface area contributed by atoms with Crippen LogP contribution in [0.25, 0.3) is 0 Å². The number of carbonyl (C=O) groups excluding carboxylic acids is 2. The molecule has 34 heavy (non-hydrogen) atoms. The standard InChI is InChI=1S/C23H28N8O2S/c1-14-13-20(29-28-14)25-21-15(2)22(31-11-9-30(10-12-31)17(4)33)27-23(26-21)34-19-7-5-18(6-8-19)24-16(3)32/h5-8,13H,9-12H2,1-4H3,(H,24,32)(H2,25,26,27,28,29). The number of amides is 2. The lowest BCUT2D eigenvalue weighted by molar-refractivity contribution is -0.129. The molecule has 1 aliphatic heterocycles. The maximum absolute atomic E-state index is 11.7. The molecule has 0 bridgehead atoms. The Morgan fingerprint density at radius 2 is 1.74 bits per heavy atom. The van der Waals surface area contributed by atoms with Gasteiger partial charge in [0.1, 0.15) is 11.6 Å². The van der Waals surface area contributed by atoms with E-state index < -0.39 is 0 Å². The van der Waals surface area contributed by atoms with E-state index in [4.69, 9.17) is 9.97 Å². The van der Waals surface area contributed by atoms with Gasteiger partial charge in [0, 0.05) is 67.9 Å². The van der Waals surface area contributed by atoms with Gasteiger partial charge in [0.2, 0.25) is 11.8 Å². The second kappa shape index (κ2) is 10.1. The van der Waals surface area contributed by atoms with E-state index in [1.165, 1.54) is 18.7 Å². The molecule has 1 aromatic carbocycles. The topological polar surface area (TPSA) is 119 Å². The minimum atomic E-state index is -0.110. The molecule has 1 saturated heterocycles. The van der Waals surface area contributed by atoms with E-state index in [-0.39, 0.29) is 11.8 Å². The van der Waals surface area contributed by atoms with Crippen LogP contribution >= 0.6 is 11.8 Å². The van der Waals surface area contributed by atoms with Gasteiger partial charge in [-0.25, -0.2) is 9.97 Å². The zero-order chi connectivity index (χ0) is 24.2. The molecule has 3 aromatic rings. The largest absolute Gasteiger partial charge is 0.353 e. The maximum Gasteiger partial charge on any atom is 0.221 e. The predicted octanol–water partition coefficient (Wildman–Crippen LogP) is 3.34. The molecule has 0 atom stereocenters. The molecule has 0 aliphatic carbocycles. The minimum absolute atomic E-state index is 0.0919. The number of aromatic nitrogens is 4. The van der Waals surface area contributed by atoms with Crippen LogP contribution in [-0.4, -0.2) is 63.1 Å². The van der Waals surface area contributed by atoms with Crippen molar-refractivity contribution in [3.05, 3.63) is 41.6 Å². The Hall–Kier alpha value is -3.60. The lowest BCUT2D eigenvalue weighted by Crippen LogP contribution is -2.48. The third-order valence-corrected chi connectivity index (χ3v) is 6.33. The molecule has 1 aliphatic rings. The van der Waals surface area contributed by atoms with Crippen molar-refractivity contribution < 1.29 is 9.59 Å². The molecule has 1 fully saturated rings. The zero-order valence-corrected chi connectivity index (χ0v) is 20.5. The van der Waals surface area contributed by atoms with Crippen LogP contribution in [0.1, 0.15) is 25.1 Å². The summed E-state index contributed by atoms with van der Waals surface area (Å²) in [5, 5.41) is 13.9. The number of hydrogen-bond donors (Lipinski definition) is 3. The number of piperazine rings is 1. The van der Waals surface area contributed by atoms with Crippen molar-refractivity contribution in [1.82, 2.24) is 25.1 Å². The average Bonchev–Trinajstić information content (AvgIpc) is 3.21. The molecule has 4 rings (SSSR count). The Labute approximate surface area is 202 Å². The van der Waals surface area contributed by atoms with Gasteiger partial charge in [-0.05, 0) is 49.9 Å². The number of carbonyl (C=O) groups is 2. The Morgan fingerprint density at radius 1 is 1.03 bits per heavy atom. The average molecular weight is 481 g/mol. The summed E-state index contributed by atoms with van der Waals surface area (Å²) in [7, 11) is 0. The summed E-state index contributed by atoms with van der Waals surface area (Å²) in [5.41, 5.74) is 2.60. The fourth-order valence-electron chi connectivity index (χ4n) is 3.71.